The van der Waals surface area contributed by atoms with E-state index in [1.165, 1.54) is 6.07 Å². The molecule has 0 atom stereocenters. The third kappa shape index (κ3) is 5.33. The predicted octanol–water partition coefficient (Wildman–Crippen LogP) is 0.487. The number of aromatic hydroxyl groups is 1. The van der Waals surface area contributed by atoms with Gasteiger partial charge in [0.1, 0.15) is 12.4 Å². The molecule has 1 aromatic rings. The summed E-state index contributed by atoms with van der Waals surface area (Å²) in [6.07, 6.45) is 0.0344. The van der Waals surface area contributed by atoms with Gasteiger partial charge in [-0.3, -0.25) is 4.79 Å². The van der Waals surface area contributed by atoms with Crippen molar-refractivity contribution in [2.45, 2.75) is 6.42 Å². The van der Waals surface area contributed by atoms with Crippen molar-refractivity contribution in [2.75, 3.05) is 26.4 Å². The summed E-state index contributed by atoms with van der Waals surface area (Å²) in [6, 6.07) is 6.62. The van der Waals surface area contributed by atoms with E-state index in [1.54, 1.807) is 18.2 Å². The van der Waals surface area contributed by atoms with Gasteiger partial charge in [0.25, 0.3) is 0 Å². The molecule has 0 aliphatic rings. The summed E-state index contributed by atoms with van der Waals surface area (Å²) in [5, 5.41) is 17.9. The van der Waals surface area contributed by atoms with E-state index in [0.717, 1.165) is 0 Å². The fourth-order valence-electron chi connectivity index (χ4n) is 1.25. The minimum absolute atomic E-state index is 0.0344. The van der Waals surface area contributed by atoms with Crippen molar-refractivity contribution in [2.24, 2.45) is 0 Å². The highest BCUT2D eigenvalue weighted by atomic mass is 16.6. The molecule has 0 bridgehead atoms. The summed E-state index contributed by atoms with van der Waals surface area (Å²) < 4.78 is 9.82. The molecule has 5 nitrogen and oxygen atoms in total. The molecule has 17 heavy (non-hydrogen) atoms. The van der Waals surface area contributed by atoms with Gasteiger partial charge in [-0.2, -0.15) is 0 Å². The van der Waals surface area contributed by atoms with Crippen LogP contribution in [0.15, 0.2) is 24.3 Å². The van der Waals surface area contributed by atoms with Crippen LogP contribution in [-0.2, 0) is 20.7 Å². The van der Waals surface area contributed by atoms with Gasteiger partial charge in [-0.15, -0.1) is 0 Å². The fraction of sp³-hybridized carbons (Fsp3) is 0.417. The first-order valence-corrected chi connectivity index (χ1v) is 5.35. The first-order chi connectivity index (χ1) is 8.24. The third-order valence-electron chi connectivity index (χ3n) is 2.05. The van der Waals surface area contributed by atoms with E-state index in [0.29, 0.717) is 5.56 Å². The standard InChI is InChI=1S/C12H16O5/c13-5-6-16-7-8-17-12(15)9-10-3-1-2-4-11(10)14/h1-4,13-14H,5-9H2. The number of aliphatic hydroxyl groups is 1. The smallest absolute Gasteiger partial charge is 0.310 e. The fourth-order valence-corrected chi connectivity index (χ4v) is 1.25. The molecular weight excluding hydrogens is 224 g/mol. The second-order valence-corrected chi connectivity index (χ2v) is 3.36. The molecule has 2 N–H and O–H groups in total. The van der Waals surface area contributed by atoms with E-state index >= 15 is 0 Å². The van der Waals surface area contributed by atoms with Crippen LogP contribution in [0.4, 0.5) is 0 Å². The van der Waals surface area contributed by atoms with E-state index < -0.39 is 5.97 Å². The number of carbonyl (C=O) groups excluding carboxylic acids is 1. The number of para-hydroxylation sites is 1. The molecule has 0 heterocycles. The van der Waals surface area contributed by atoms with E-state index in [1.807, 2.05) is 0 Å². The maximum atomic E-state index is 11.4. The van der Waals surface area contributed by atoms with Gasteiger partial charge in [0, 0.05) is 5.56 Å². The van der Waals surface area contributed by atoms with Crippen molar-refractivity contribution in [3.05, 3.63) is 29.8 Å². The van der Waals surface area contributed by atoms with E-state index in [9.17, 15) is 9.90 Å². The molecule has 0 unspecified atom stereocenters. The topological polar surface area (TPSA) is 76.0 Å². The zero-order chi connectivity index (χ0) is 12.5. The zero-order valence-electron chi connectivity index (χ0n) is 9.46. The van der Waals surface area contributed by atoms with E-state index in [2.05, 4.69) is 0 Å². The number of ether oxygens (including phenoxy) is 2. The number of hydrogen-bond acceptors (Lipinski definition) is 5. The van der Waals surface area contributed by atoms with Crippen molar-refractivity contribution in [3.8, 4) is 5.75 Å². The summed E-state index contributed by atoms with van der Waals surface area (Å²) in [5.41, 5.74) is 0.536. The van der Waals surface area contributed by atoms with Gasteiger partial charge in [-0.25, -0.2) is 0 Å². The molecule has 0 saturated heterocycles. The molecule has 0 spiro atoms. The number of carbonyl (C=O) groups is 1. The van der Waals surface area contributed by atoms with Crippen LogP contribution >= 0.6 is 0 Å². The second-order valence-electron chi connectivity index (χ2n) is 3.36. The van der Waals surface area contributed by atoms with Crippen LogP contribution in [0.25, 0.3) is 0 Å². The third-order valence-corrected chi connectivity index (χ3v) is 2.05. The maximum absolute atomic E-state index is 11.4. The van der Waals surface area contributed by atoms with Crippen LogP contribution in [0.3, 0.4) is 0 Å². The van der Waals surface area contributed by atoms with E-state index in [-0.39, 0.29) is 38.6 Å². The van der Waals surface area contributed by atoms with Crippen LogP contribution in [-0.4, -0.2) is 42.6 Å². The Morgan fingerprint density at radius 3 is 2.65 bits per heavy atom. The molecule has 1 aromatic carbocycles. The van der Waals surface area contributed by atoms with Crippen LogP contribution in [0.1, 0.15) is 5.56 Å². The summed E-state index contributed by atoms with van der Waals surface area (Å²) in [7, 11) is 0. The molecule has 0 amide bonds. The average molecular weight is 240 g/mol. The molecule has 0 aliphatic heterocycles. The van der Waals surface area contributed by atoms with Gasteiger partial charge in [0.05, 0.1) is 26.2 Å². The number of phenolic OH excluding ortho intramolecular Hbond substituents is 1. The number of aliphatic hydroxyl groups excluding tert-OH is 1. The lowest BCUT2D eigenvalue weighted by Gasteiger charge is -2.06. The van der Waals surface area contributed by atoms with Gasteiger partial charge in [0.15, 0.2) is 0 Å². The van der Waals surface area contributed by atoms with Crippen molar-refractivity contribution in [3.63, 3.8) is 0 Å². The summed E-state index contributed by atoms with van der Waals surface area (Å²) in [4.78, 5) is 11.4. The number of hydrogen-bond donors (Lipinski definition) is 2. The van der Waals surface area contributed by atoms with Gasteiger partial charge in [-0.1, -0.05) is 18.2 Å². The Bertz CT molecular complexity index is 351. The quantitative estimate of drug-likeness (QED) is 0.535. The number of rotatable bonds is 7. The van der Waals surface area contributed by atoms with Crippen molar-refractivity contribution >= 4 is 5.97 Å². The number of benzene rings is 1. The van der Waals surface area contributed by atoms with Gasteiger partial charge in [0.2, 0.25) is 0 Å². The normalized spacial score (nSPS) is 10.2. The Hall–Kier alpha value is -1.59. The number of phenols is 1. The molecule has 0 saturated carbocycles. The van der Waals surface area contributed by atoms with Crippen molar-refractivity contribution < 1.29 is 24.5 Å². The first kappa shape index (κ1) is 13.5. The SMILES string of the molecule is O=C(Cc1ccccc1O)OCCOCCO. The molecule has 94 valence electrons. The monoisotopic (exact) mass is 240 g/mol. The molecule has 5 heteroatoms. The lowest BCUT2D eigenvalue weighted by Crippen LogP contribution is -2.13. The minimum atomic E-state index is -0.418. The highest BCUT2D eigenvalue weighted by molar-refractivity contribution is 5.73. The molecule has 0 aliphatic carbocycles. The van der Waals surface area contributed by atoms with Gasteiger partial charge >= 0.3 is 5.97 Å². The lowest BCUT2D eigenvalue weighted by molar-refractivity contribution is -0.144. The van der Waals surface area contributed by atoms with Crippen LogP contribution in [0, 0.1) is 0 Å². The maximum Gasteiger partial charge on any atom is 0.310 e. The average Bonchev–Trinajstić information content (AvgIpc) is 2.32. The van der Waals surface area contributed by atoms with E-state index in [4.69, 9.17) is 14.6 Å². The van der Waals surface area contributed by atoms with Crippen molar-refractivity contribution in [1.82, 2.24) is 0 Å². The molecule has 0 radical (unpaired) electrons. The highest BCUT2D eigenvalue weighted by Gasteiger charge is 2.07. The largest absolute Gasteiger partial charge is 0.508 e. The number of esters is 1. The second kappa shape index (κ2) is 7.65. The minimum Gasteiger partial charge on any atom is -0.508 e. The Kier molecular flexibility index (Phi) is 6.06. The summed E-state index contributed by atoms with van der Waals surface area (Å²) >= 11 is 0. The molecule has 0 aromatic heterocycles. The Labute approximate surface area is 99.6 Å². The van der Waals surface area contributed by atoms with Crippen molar-refractivity contribution in [1.29, 1.82) is 0 Å². The Morgan fingerprint density at radius 2 is 1.94 bits per heavy atom. The molecular formula is C12H16O5. The van der Waals surface area contributed by atoms with Gasteiger partial charge in [-0.05, 0) is 6.07 Å². The van der Waals surface area contributed by atoms with Crippen LogP contribution in [0.2, 0.25) is 0 Å². The van der Waals surface area contributed by atoms with Crippen LogP contribution in [0.5, 0.6) is 5.75 Å². The summed E-state index contributed by atoms with van der Waals surface area (Å²) in [6.45, 7) is 0.586. The van der Waals surface area contributed by atoms with Gasteiger partial charge < -0.3 is 19.7 Å². The Balaban J connectivity index is 2.23. The Morgan fingerprint density at radius 1 is 1.18 bits per heavy atom. The first-order valence-electron chi connectivity index (χ1n) is 5.35. The molecule has 0 fully saturated rings. The highest BCUT2D eigenvalue weighted by Crippen LogP contribution is 2.16. The molecule has 1 rings (SSSR count). The van der Waals surface area contributed by atoms with Crippen LogP contribution < -0.4 is 0 Å². The lowest BCUT2D eigenvalue weighted by atomic mass is 10.1. The summed E-state index contributed by atoms with van der Waals surface area (Å²) in [5.74, 6) is -0.333. The predicted molar refractivity (Wildman–Crippen MR) is 60.7 cm³/mol. The zero-order valence-corrected chi connectivity index (χ0v) is 9.46.